The summed E-state index contributed by atoms with van der Waals surface area (Å²) in [5.41, 5.74) is 2.84. The second-order valence-corrected chi connectivity index (χ2v) is 11.4. The molecule has 8 nitrogen and oxygen atoms in total. The maximum absolute atomic E-state index is 14.7. The van der Waals surface area contributed by atoms with Gasteiger partial charge in [0.05, 0.1) is 47.0 Å². The van der Waals surface area contributed by atoms with Crippen LogP contribution in [0, 0.1) is 12.7 Å². The van der Waals surface area contributed by atoms with Crippen LogP contribution in [-0.4, -0.2) is 54.2 Å². The third kappa shape index (κ3) is 5.06. The van der Waals surface area contributed by atoms with E-state index < -0.39 is 21.7 Å². The Bertz CT molecular complexity index is 1580. The summed E-state index contributed by atoms with van der Waals surface area (Å²) in [7, 11) is -1.57. The average molecular weight is 523 g/mol. The van der Waals surface area contributed by atoms with Crippen LogP contribution in [0.4, 0.5) is 4.39 Å². The molecule has 0 aliphatic carbocycles. The summed E-state index contributed by atoms with van der Waals surface area (Å²) >= 11 is 0. The number of ether oxygens (including phenoxy) is 1. The van der Waals surface area contributed by atoms with E-state index in [0.29, 0.717) is 41.7 Å². The second kappa shape index (κ2) is 9.93. The summed E-state index contributed by atoms with van der Waals surface area (Å²) in [5.74, 6) is -0.0102. The van der Waals surface area contributed by atoms with Crippen molar-refractivity contribution in [1.82, 2.24) is 20.1 Å². The summed E-state index contributed by atoms with van der Waals surface area (Å²) in [4.78, 5) is 18.1. The van der Waals surface area contributed by atoms with Crippen molar-refractivity contribution in [2.45, 2.75) is 25.8 Å². The fourth-order valence-electron chi connectivity index (χ4n) is 4.73. The van der Waals surface area contributed by atoms with Gasteiger partial charge in [0, 0.05) is 12.1 Å². The fourth-order valence-corrected chi connectivity index (χ4v) is 6.42. The standard InChI is InChI=1S/C27H27FN4O4S/c1-17-25-22(27(33)29-13-11-18-7-9-20(36-2)10-8-18)15-24(21-5-3-4-6-23(21)28)30-26(25)32(31-17)19-12-14-37(34,35)16-19/h3-10,15,19H,11-14,16H2,1-2H3,(H,29,33). The Hall–Kier alpha value is -3.79. The first kappa shape index (κ1) is 24.9. The number of aromatic nitrogens is 3. The Morgan fingerprint density at radius 3 is 2.62 bits per heavy atom. The van der Waals surface area contributed by atoms with Crippen LogP contribution in [0.1, 0.15) is 34.1 Å². The largest absolute Gasteiger partial charge is 0.497 e. The first-order valence-electron chi connectivity index (χ1n) is 12.0. The number of aryl methyl sites for hydroxylation is 1. The molecule has 1 unspecified atom stereocenters. The maximum Gasteiger partial charge on any atom is 0.252 e. The molecule has 1 aliphatic heterocycles. The van der Waals surface area contributed by atoms with Crippen LogP contribution in [0.2, 0.25) is 0 Å². The zero-order chi connectivity index (χ0) is 26.2. The summed E-state index contributed by atoms with van der Waals surface area (Å²) in [6, 6.07) is 15.0. The highest BCUT2D eigenvalue weighted by Crippen LogP contribution is 2.32. The van der Waals surface area contributed by atoms with E-state index in [-0.39, 0.29) is 28.7 Å². The van der Waals surface area contributed by atoms with Crippen molar-refractivity contribution >= 4 is 26.8 Å². The van der Waals surface area contributed by atoms with Crippen molar-refractivity contribution in [3.05, 3.63) is 77.2 Å². The van der Waals surface area contributed by atoms with Crippen molar-refractivity contribution in [2.75, 3.05) is 25.2 Å². The first-order valence-corrected chi connectivity index (χ1v) is 13.8. The number of hydrogen-bond acceptors (Lipinski definition) is 6. The van der Waals surface area contributed by atoms with Gasteiger partial charge in [-0.25, -0.2) is 22.5 Å². The number of methoxy groups -OCH3 is 1. The molecule has 0 spiro atoms. The van der Waals surface area contributed by atoms with E-state index in [9.17, 15) is 17.6 Å². The van der Waals surface area contributed by atoms with Crippen molar-refractivity contribution < 1.29 is 22.3 Å². The number of nitrogens with one attached hydrogen (secondary N) is 1. The van der Waals surface area contributed by atoms with Crippen LogP contribution in [0.25, 0.3) is 22.3 Å². The lowest BCUT2D eigenvalue weighted by molar-refractivity contribution is 0.0955. The predicted molar refractivity (Wildman–Crippen MR) is 139 cm³/mol. The number of nitrogens with zero attached hydrogens (tertiary/aromatic N) is 3. The molecule has 2 aromatic carbocycles. The number of carbonyl (C=O) groups excluding carboxylic acids is 1. The number of carbonyl (C=O) groups is 1. The molecule has 192 valence electrons. The number of halogens is 1. The number of rotatable bonds is 7. The number of sulfone groups is 1. The highest BCUT2D eigenvalue weighted by Gasteiger charge is 2.32. The van der Waals surface area contributed by atoms with E-state index in [2.05, 4.69) is 15.4 Å². The van der Waals surface area contributed by atoms with Gasteiger partial charge in [-0.05, 0) is 55.7 Å². The molecule has 0 saturated carbocycles. The number of benzene rings is 2. The van der Waals surface area contributed by atoms with E-state index >= 15 is 0 Å². The van der Waals surface area contributed by atoms with Gasteiger partial charge in [-0.15, -0.1) is 0 Å². The Kier molecular flexibility index (Phi) is 6.68. The van der Waals surface area contributed by atoms with E-state index in [4.69, 9.17) is 4.74 Å². The van der Waals surface area contributed by atoms with Crippen LogP contribution >= 0.6 is 0 Å². The summed E-state index contributed by atoms with van der Waals surface area (Å²) in [6.07, 6.45) is 1.02. The first-order chi connectivity index (χ1) is 17.8. The van der Waals surface area contributed by atoms with Crippen LogP contribution in [-0.2, 0) is 16.3 Å². The monoisotopic (exact) mass is 522 g/mol. The van der Waals surface area contributed by atoms with Gasteiger partial charge in [-0.1, -0.05) is 24.3 Å². The fraction of sp³-hybridized carbons (Fsp3) is 0.296. The molecule has 0 bridgehead atoms. The van der Waals surface area contributed by atoms with Gasteiger partial charge in [0.1, 0.15) is 11.6 Å². The third-order valence-electron chi connectivity index (χ3n) is 6.64. The molecule has 37 heavy (non-hydrogen) atoms. The Balaban J connectivity index is 1.52. The average Bonchev–Trinajstić information content (AvgIpc) is 3.42. The lowest BCUT2D eigenvalue weighted by Crippen LogP contribution is -2.26. The Labute approximate surface area is 214 Å². The maximum atomic E-state index is 14.7. The third-order valence-corrected chi connectivity index (χ3v) is 8.39. The zero-order valence-corrected chi connectivity index (χ0v) is 21.4. The van der Waals surface area contributed by atoms with Crippen molar-refractivity contribution in [3.63, 3.8) is 0 Å². The van der Waals surface area contributed by atoms with E-state index in [1.54, 1.807) is 43.0 Å². The van der Waals surface area contributed by atoms with Crippen LogP contribution in [0.15, 0.2) is 54.6 Å². The topological polar surface area (TPSA) is 103 Å². The molecular formula is C27H27FN4O4S. The van der Waals surface area contributed by atoms with E-state index in [1.165, 1.54) is 6.07 Å². The van der Waals surface area contributed by atoms with Gasteiger partial charge >= 0.3 is 0 Å². The van der Waals surface area contributed by atoms with Crippen molar-refractivity contribution in [2.24, 2.45) is 0 Å². The molecule has 5 rings (SSSR count). The smallest absolute Gasteiger partial charge is 0.252 e. The Morgan fingerprint density at radius 1 is 1.19 bits per heavy atom. The minimum atomic E-state index is -3.18. The molecule has 1 saturated heterocycles. The molecule has 4 aromatic rings. The minimum absolute atomic E-state index is 0.0434. The molecule has 3 heterocycles. The predicted octanol–water partition coefficient (Wildman–Crippen LogP) is 3.89. The van der Waals surface area contributed by atoms with E-state index in [1.807, 2.05) is 24.3 Å². The molecule has 10 heteroatoms. The highest BCUT2D eigenvalue weighted by molar-refractivity contribution is 7.91. The van der Waals surface area contributed by atoms with Crippen molar-refractivity contribution in [1.29, 1.82) is 0 Å². The number of hydrogen-bond donors (Lipinski definition) is 1. The summed E-state index contributed by atoms with van der Waals surface area (Å²) < 4.78 is 45.8. The molecule has 1 amide bonds. The Morgan fingerprint density at radius 2 is 1.95 bits per heavy atom. The molecule has 1 N–H and O–H groups in total. The van der Waals surface area contributed by atoms with E-state index in [0.717, 1.165) is 11.3 Å². The van der Waals surface area contributed by atoms with Crippen LogP contribution in [0.5, 0.6) is 5.75 Å². The zero-order valence-electron chi connectivity index (χ0n) is 20.6. The van der Waals surface area contributed by atoms with Crippen LogP contribution in [0.3, 0.4) is 0 Å². The van der Waals surface area contributed by atoms with Gasteiger partial charge in [0.15, 0.2) is 15.5 Å². The second-order valence-electron chi connectivity index (χ2n) is 9.17. The summed E-state index contributed by atoms with van der Waals surface area (Å²) in [6.45, 7) is 2.15. The lowest BCUT2D eigenvalue weighted by Gasteiger charge is -2.13. The normalized spacial score (nSPS) is 16.7. The van der Waals surface area contributed by atoms with Gasteiger partial charge in [0.2, 0.25) is 0 Å². The molecule has 1 aliphatic rings. The van der Waals surface area contributed by atoms with Crippen molar-refractivity contribution in [3.8, 4) is 17.0 Å². The van der Waals surface area contributed by atoms with Gasteiger partial charge in [0.25, 0.3) is 5.91 Å². The molecular weight excluding hydrogens is 495 g/mol. The molecule has 1 atom stereocenters. The van der Waals surface area contributed by atoms with Gasteiger partial charge in [-0.3, -0.25) is 4.79 Å². The number of pyridine rings is 1. The molecule has 1 fully saturated rings. The summed E-state index contributed by atoms with van der Waals surface area (Å²) in [5, 5.41) is 8.08. The SMILES string of the molecule is COc1ccc(CCNC(=O)c2cc(-c3ccccc3F)nc3c2c(C)nn3C2CCS(=O)(=O)C2)cc1. The van der Waals surface area contributed by atoms with Crippen LogP contribution < -0.4 is 10.1 Å². The highest BCUT2D eigenvalue weighted by atomic mass is 32.2. The molecule has 2 aromatic heterocycles. The number of fused-ring (bicyclic) bond motifs is 1. The number of amides is 1. The quantitative estimate of drug-likeness (QED) is 0.395. The lowest BCUT2D eigenvalue weighted by atomic mass is 10.0. The van der Waals surface area contributed by atoms with Gasteiger partial charge < -0.3 is 10.1 Å². The molecule has 0 radical (unpaired) electrons. The minimum Gasteiger partial charge on any atom is -0.497 e. The van der Waals surface area contributed by atoms with Gasteiger partial charge in [-0.2, -0.15) is 5.10 Å².